The Morgan fingerprint density at radius 3 is 2.61 bits per heavy atom. The van der Waals surface area contributed by atoms with E-state index in [2.05, 4.69) is 15.5 Å². The number of nitrogens with zero attached hydrogens (tertiary/aromatic N) is 3. The van der Waals surface area contributed by atoms with Crippen molar-refractivity contribution in [3.63, 3.8) is 0 Å². The minimum atomic E-state index is -0.517. The Morgan fingerprint density at radius 2 is 2.00 bits per heavy atom. The third-order valence-corrected chi connectivity index (χ3v) is 4.67. The highest BCUT2D eigenvalue weighted by molar-refractivity contribution is 8.01. The fourth-order valence-corrected chi connectivity index (χ4v) is 3.17. The van der Waals surface area contributed by atoms with E-state index < -0.39 is 4.92 Å². The highest BCUT2D eigenvalue weighted by atomic mass is 32.2. The van der Waals surface area contributed by atoms with Crippen molar-refractivity contribution in [2.75, 3.05) is 11.1 Å². The Morgan fingerprint density at radius 1 is 1.30 bits per heavy atom. The van der Waals surface area contributed by atoms with E-state index in [4.69, 9.17) is 0 Å². The van der Waals surface area contributed by atoms with Crippen molar-refractivity contribution in [1.29, 1.82) is 0 Å². The number of non-ortho nitro benzene ring substituents is 1. The molecule has 0 saturated heterocycles. The molecule has 0 fully saturated rings. The molecule has 1 aromatic carbocycles. The molecule has 0 spiro atoms. The molecule has 10 heteroatoms. The summed E-state index contributed by atoms with van der Waals surface area (Å²) in [6, 6.07) is 5.44. The van der Waals surface area contributed by atoms with Gasteiger partial charge in [-0.05, 0) is 12.1 Å². The summed E-state index contributed by atoms with van der Waals surface area (Å²) in [7, 11) is 0. The molecule has 0 aliphatic heterocycles. The Hall–Kier alpha value is -2.33. The lowest BCUT2D eigenvalue weighted by molar-refractivity contribution is -0.384. The zero-order chi connectivity index (χ0) is 16.8. The van der Waals surface area contributed by atoms with Gasteiger partial charge in [-0.25, -0.2) is 0 Å². The first kappa shape index (κ1) is 17.0. The molecule has 1 heterocycles. The molecule has 0 saturated carbocycles. The van der Waals surface area contributed by atoms with Crippen LogP contribution in [0.4, 0.5) is 10.8 Å². The third kappa shape index (κ3) is 4.83. The summed E-state index contributed by atoms with van der Waals surface area (Å²) < 4.78 is 0.562. The van der Waals surface area contributed by atoms with Gasteiger partial charge < -0.3 is 5.32 Å². The van der Waals surface area contributed by atoms with Crippen LogP contribution < -0.4 is 5.32 Å². The van der Waals surface area contributed by atoms with Crippen molar-refractivity contribution in [3.8, 4) is 0 Å². The van der Waals surface area contributed by atoms with E-state index in [1.165, 1.54) is 47.4 Å². The minimum absolute atomic E-state index is 0.0605. The van der Waals surface area contributed by atoms with Crippen LogP contribution in [0, 0.1) is 10.1 Å². The lowest BCUT2D eigenvalue weighted by Gasteiger charge is -1.99. The van der Waals surface area contributed by atoms with Crippen LogP contribution in [-0.4, -0.2) is 32.6 Å². The standard InChI is InChI=1S/C13H12N4O4S2/c1-2-11(19)14-12-15-16-13(23-12)22-7-10(18)8-3-5-9(6-4-8)17(20)21/h3-6H,2,7H2,1H3,(H,14,15,19). The van der Waals surface area contributed by atoms with Crippen LogP contribution in [0.15, 0.2) is 28.6 Å². The largest absolute Gasteiger partial charge is 0.301 e. The monoisotopic (exact) mass is 352 g/mol. The van der Waals surface area contributed by atoms with E-state index in [0.29, 0.717) is 21.5 Å². The smallest absolute Gasteiger partial charge is 0.269 e. The molecule has 2 rings (SSSR count). The zero-order valence-electron chi connectivity index (χ0n) is 12.0. The van der Waals surface area contributed by atoms with Crippen molar-refractivity contribution in [1.82, 2.24) is 10.2 Å². The number of nitro benzene ring substituents is 1. The maximum atomic E-state index is 12.0. The van der Waals surface area contributed by atoms with Gasteiger partial charge in [-0.1, -0.05) is 30.0 Å². The third-order valence-electron chi connectivity index (χ3n) is 2.70. The van der Waals surface area contributed by atoms with Gasteiger partial charge in [0.05, 0.1) is 10.7 Å². The average molecular weight is 352 g/mol. The summed E-state index contributed by atoms with van der Waals surface area (Å²) in [6.45, 7) is 1.73. The maximum Gasteiger partial charge on any atom is 0.269 e. The fraction of sp³-hybridized carbons (Fsp3) is 0.231. The molecule has 0 radical (unpaired) electrons. The maximum absolute atomic E-state index is 12.0. The van der Waals surface area contributed by atoms with Gasteiger partial charge in [0.25, 0.3) is 5.69 Å². The number of anilines is 1. The first-order valence-corrected chi connectivity index (χ1v) is 8.33. The van der Waals surface area contributed by atoms with Gasteiger partial charge in [-0.2, -0.15) is 0 Å². The summed E-state index contributed by atoms with van der Waals surface area (Å²) in [5, 5.41) is 21.2. The van der Waals surface area contributed by atoms with Crippen molar-refractivity contribution < 1.29 is 14.5 Å². The molecule has 0 aliphatic rings. The molecular formula is C13H12N4O4S2. The van der Waals surface area contributed by atoms with Crippen LogP contribution in [0.5, 0.6) is 0 Å². The van der Waals surface area contributed by atoms with E-state index in [9.17, 15) is 19.7 Å². The summed E-state index contributed by atoms with van der Waals surface area (Å²) in [6.07, 6.45) is 0.348. The van der Waals surface area contributed by atoms with Gasteiger partial charge in [-0.15, -0.1) is 10.2 Å². The number of aromatic nitrogens is 2. The minimum Gasteiger partial charge on any atom is -0.301 e. The molecule has 1 amide bonds. The van der Waals surface area contributed by atoms with E-state index in [-0.39, 0.29) is 23.1 Å². The molecular weight excluding hydrogens is 340 g/mol. The number of carbonyl (C=O) groups is 2. The molecule has 1 N–H and O–H groups in total. The number of carbonyl (C=O) groups excluding carboxylic acids is 2. The second-order valence-electron chi connectivity index (χ2n) is 4.29. The Bertz CT molecular complexity index is 730. The number of ketones is 1. The van der Waals surface area contributed by atoms with Gasteiger partial charge in [0.1, 0.15) is 0 Å². The van der Waals surface area contributed by atoms with Gasteiger partial charge in [-0.3, -0.25) is 19.7 Å². The van der Waals surface area contributed by atoms with Crippen molar-refractivity contribution in [2.24, 2.45) is 0 Å². The van der Waals surface area contributed by atoms with Crippen LogP contribution in [0.2, 0.25) is 0 Å². The lowest BCUT2D eigenvalue weighted by Crippen LogP contribution is -2.08. The lowest BCUT2D eigenvalue weighted by atomic mass is 10.1. The van der Waals surface area contributed by atoms with Crippen LogP contribution in [0.3, 0.4) is 0 Å². The number of hydrogen-bond acceptors (Lipinski definition) is 8. The summed E-state index contributed by atoms with van der Waals surface area (Å²) >= 11 is 2.39. The quantitative estimate of drug-likeness (QED) is 0.268. The van der Waals surface area contributed by atoms with Crippen molar-refractivity contribution >= 4 is 45.6 Å². The molecule has 2 aromatic rings. The highest BCUT2D eigenvalue weighted by Crippen LogP contribution is 2.26. The number of thioether (sulfide) groups is 1. The second-order valence-corrected chi connectivity index (χ2v) is 6.49. The van der Waals surface area contributed by atoms with Gasteiger partial charge >= 0.3 is 0 Å². The SMILES string of the molecule is CCC(=O)Nc1nnc(SCC(=O)c2ccc([N+](=O)[O-])cc2)s1. The van der Waals surface area contributed by atoms with E-state index in [1.54, 1.807) is 6.92 Å². The predicted octanol–water partition coefficient (Wildman–Crippen LogP) is 2.77. The van der Waals surface area contributed by atoms with Crippen LogP contribution >= 0.6 is 23.1 Å². The molecule has 1 aromatic heterocycles. The second kappa shape index (κ2) is 7.79. The van der Waals surface area contributed by atoms with Crippen LogP contribution in [-0.2, 0) is 4.79 Å². The summed E-state index contributed by atoms with van der Waals surface area (Å²) in [5.74, 6) is -0.187. The van der Waals surface area contributed by atoms with Crippen molar-refractivity contribution in [2.45, 2.75) is 17.7 Å². The number of Topliss-reactive ketones (excluding diaryl/α,β-unsaturated/α-hetero) is 1. The first-order valence-electron chi connectivity index (χ1n) is 6.53. The highest BCUT2D eigenvalue weighted by Gasteiger charge is 2.12. The molecule has 23 heavy (non-hydrogen) atoms. The average Bonchev–Trinajstić information content (AvgIpc) is 3.00. The number of amides is 1. The van der Waals surface area contributed by atoms with E-state index in [0.717, 1.165) is 0 Å². The molecule has 120 valence electrons. The molecule has 8 nitrogen and oxygen atoms in total. The molecule has 0 aliphatic carbocycles. The number of rotatable bonds is 7. The van der Waals surface area contributed by atoms with E-state index in [1.807, 2.05) is 0 Å². The number of hydrogen-bond donors (Lipinski definition) is 1. The van der Waals surface area contributed by atoms with Gasteiger partial charge in [0.15, 0.2) is 10.1 Å². The van der Waals surface area contributed by atoms with Gasteiger partial charge in [0.2, 0.25) is 11.0 Å². The number of benzene rings is 1. The fourth-order valence-electron chi connectivity index (χ4n) is 1.51. The van der Waals surface area contributed by atoms with Crippen LogP contribution in [0.25, 0.3) is 0 Å². The Balaban J connectivity index is 1.91. The first-order chi connectivity index (χ1) is 11.0. The normalized spacial score (nSPS) is 10.3. The number of nitrogens with one attached hydrogen (secondary N) is 1. The zero-order valence-corrected chi connectivity index (χ0v) is 13.6. The van der Waals surface area contributed by atoms with Crippen LogP contribution in [0.1, 0.15) is 23.7 Å². The summed E-state index contributed by atoms with van der Waals surface area (Å²) in [5.41, 5.74) is 0.335. The summed E-state index contributed by atoms with van der Waals surface area (Å²) in [4.78, 5) is 33.3. The molecule has 0 bridgehead atoms. The number of nitro groups is 1. The van der Waals surface area contributed by atoms with E-state index >= 15 is 0 Å². The van der Waals surface area contributed by atoms with Gasteiger partial charge in [0, 0.05) is 24.1 Å². The topological polar surface area (TPSA) is 115 Å². The Labute approximate surface area is 139 Å². The van der Waals surface area contributed by atoms with Crippen molar-refractivity contribution in [3.05, 3.63) is 39.9 Å². The molecule has 0 unspecified atom stereocenters. The Kier molecular flexibility index (Phi) is 5.77. The predicted molar refractivity (Wildman–Crippen MR) is 87.0 cm³/mol. The molecule has 0 atom stereocenters.